The second kappa shape index (κ2) is 4.82. The fraction of sp³-hybridized carbons (Fsp3) is 0. The van der Waals surface area contributed by atoms with Crippen LogP contribution in [0.4, 0.5) is 0 Å². The molecule has 0 aliphatic heterocycles. The van der Waals surface area contributed by atoms with Crippen LogP contribution < -0.4 is 11.0 Å². The molecule has 0 fully saturated rings. The maximum Gasteiger partial charge on any atom is 0.262 e. The molecule has 0 spiro atoms. The van der Waals surface area contributed by atoms with Gasteiger partial charge in [0.25, 0.3) is 7.82 Å². The summed E-state index contributed by atoms with van der Waals surface area (Å²) in [5.74, 6) is 0. The van der Waals surface area contributed by atoms with E-state index in [-0.39, 0.29) is 25.0 Å². The molecule has 0 aromatic rings. The minimum Gasteiger partial charge on any atom is -0.756 e. The van der Waals surface area contributed by atoms with Crippen molar-refractivity contribution in [1.82, 2.24) is 6.15 Å². The standard InChI is InChI=1S/Li.H3N.H3O4P/c;;1-5(2,3)4/h;1H3;(H3,1,2,3,4). The van der Waals surface area contributed by atoms with Gasteiger partial charge in [-0.3, -0.25) is 4.57 Å². The third-order valence-electron chi connectivity index (χ3n) is 0. The molecule has 7 heteroatoms. The number of phosphoric acid groups is 1. The van der Waals surface area contributed by atoms with Crippen LogP contribution in [-0.2, 0) is 4.57 Å². The molecule has 6 N–H and O–H groups in total. The number of rotatable bonds is 0. The fourth-order valence-corrected chi connectivity index (χ4v) is 0. The van der Waals surface area contributed by atoms with E-state index in [0.717, 1.165) is 0 Å². The van der Waals surface area contributed by atoms with E-state index in [1.165, 1.54) is 0 Å². The van der Waals surface area contributed by atoms with Crippen LogP contribution in [0.1, 0.15) is 0 Å². The molecule has 0 aromatic carbocycles. The van der Waals surface area contributed by atoms with Gasteiger partial charge < -0.3 is 20.8 Å². The molecule has 0 saturated carbocycles. The molecular weight excluding hydrogens is 116 g/mol. The Kier molecular flexibility index (Phi) is 10.8. The van der Waals surface area contributed by atoms with Crippen LogP contribution in [0.2, 0.25) is 0 Å². The summed E-state index contributed by atoms with van der Waals surface area (Å²) in [7, 11) is -4.89. The maximum absolute atomic E-state index is 8.77. The van der Waals surface area contributed by atoms with Crippen LogP contribution in [0.25, 0.3) is 0 Å². The van der Waals surface area contributed by atoms with Crippen molar-refractivity contribution in [3.05, 3.63) is 0 Å². The van der Waals surface area contributed by atoms with E-state index in [9.17, 15) is 0 Å². The fourth-order valence-electron chi connectivity index (χ4n) is 0. The molecule has 0 bridgehead atoms. The van der Waals surface area contributed by atoms with Crippen molar-refractivity contribution < 1.29 is 19.2 Å². The molecule has 1 radical (unpaired) electrons. The zero-order chi connectivity index (χ0) is 4.50. The number of quaternary nitrogens is 1. The monoisotopic (exact) mass is 122 g/mol. The van der Waals surface area contributed by atoms with Crippen molar-refractivity contribution in [2.45, 2.75) is 0 Å². The van der Waals surface area contributed by atoms with Gasteiger partial charge in [0.1, 0.15) is 0 Å². The molecule has 41 valence electrons. The second-order valence-corrected chi connectivity index (χ2v) is 1.47. The third kappa shape index (κ3) is 326. The summed E-state index contributed by atoms with van der Waals surface area (Å²) in [5.41, 5.74) is 0. The van der Waals surface area contributed by atoms with Crippen molar-refractivity contribution in [2.24, 2.45) is 0 Å². The Labute approximate surface area is 52.7 Å². The van der Waals surface area contributed by atoms with E-state index in [2.05, 4.69) is 0 Å². The first-order valence-electron chi connectivity index (χ1n) is 0.765. The molecule has 0 heterocycles. The summed E-state index contributed by atoms with van der Waals surface area (Å²) < 4.78 is 8.77. The summed E-state index contributed by atoms with van der Waals surface area (Å²) in [6.45, 7) is 0. The van der Waals surface area contributed by atoms with Gasteiger partial charge in [-0.15, -0.1) is 0 Å². The average molecular weight is 122 g/mol. The van der Waals surface area contributed by atoms with Crippen LogP contribution in [0.5, 0.6) is 0 Å². The number of hydrogen-bond acceptors (Lipinski definition) is 2. The van der Waals surface area contributed by atoms with E-state index < -0.39 is 7.82 Å². The first-order valence-corrected chi connectivity index (χ1v) is 2.30. The van der Waals surface area contributed by atoms with Crippen LogP contribution in [0, 0.1) is 0 Å². The topological polar surface area (TPSA) is 117 Å². The Morgan fingerprint density at radius 2 is 1.43 bits per heavy atom. The summed E-state index contributed by atoms with van der Waals surface area (Å²) in [6, 6.07) is 0. The Bertz CT molecular complexity index is 57.8. The van der Waals surface area contributed by atoms with Crippen molar-refractivity contribution in [3.8, 4) is 0 Å². The van der Waals surface area contributed by atoms with E-state index >= 15 is 0 Å². The molecule has 0 amide bonds. The van der Waals surface area contributed by atoms with Crippen LogP contribution >= 0.6 is 7.82 Å². The van der Waals surface area contributed by atoms with Crippen LogP contribution in [0.15, 0.2) is 0 Å². The van der Waals surface area contributed by atoms with Crippen LogP contribution in [0.3, 0.4) is 0 Å². The van der Waals surface area contributed by atoms with Gasteiger partial charge in [-0.05, 0) is 0 Å². The minimum atomic E-state index is -4.89. The van der Waals surface area contributed by atoms with Gasteiger partial charge in [-0.2, -0.15) is 0 Å². The van der Waals surface area contributed by atoms with E-state index in [0.29, 0.717) is 0 Å². The Balaban J connectivity index is -0.0000000800. The maximum atomic E-state index is 8.77. The van der Waals surface area contributed by atoms with E-state index in [1.807, 2.05) is 0 Å². The smallest absolute Gasteiger partial charge is 0.262 e. The Morgan fingerprint density at radius 1 is 1.43 bits per heavy atom. The first-order chi connectivity index (χ1) is 2.00. The van der Waals surface area contributed by atoms with Gasteiger partial charge >= 0.3 is 0 Å². The van der Waals surface area contributed by atoms with Crippen molar-refractivity contribution in [2.75, 3.05) is 0 Å². The zero-order valence-corrected chi connectivity index (χ0v) is 5.05. The molecule has 0 unspecified atom stereocenters. The van der Waals surface area contributed by atoms with Gasteiger partial charge in [-0.25, -0.2) is 0 Å². The molecule has 0 aliphatic carbocycles. The van der Waals surface area contributed by atoms with Crippen molar-refractivity contribution in [3.63, 3.8) is 0 Å². The molecule has 0 aromatic heterocycles. The van der Waals surface area contributed by atoms with Gasteiger partial charge in [0.2, 0.25) is 0 Å². The van der Waals surface area contributed by atoms with Gasteiger partial charge in [-0.1, -0.05) is 0 Å². The van der Waals surface area contributed by atoms with E-state index in [4.69, 9.17) is 19.2 Å². The van der Waals surface area contributed by atoms with Crippen molar-refractivity contribution >= 4 is 26.7 Å². The molecule has 0 saturated heterocycles. The Morgan fingerprint density at radius 3 is 1.43 bits per heavy atom. The summed E-state index contributed by atoms with van der Waals surface area (Å²) >= 11 is 0. The SMILES string of the molecule is O=P([O-])(O)O.[Li].[NH4+]. The van der Waals surface area contributed by atoms with Gasteiger partial charge in [0, 0.05) is 18.9 Å². The van der Waals surface area contributed by atoms with Crippen molar-refractivity contribution in [1.29, 1.82) is 0 Å². The molecule has 0 aliphatic rings. The average Bonchev–Trinajstić information content (AvgIpc) is 0.722. The van der Waals surface area contributed by atoms with Gasteiger partial charge in [0.05, 0.1) is 0 Å². The summed E-state index contributed by atoms with van der Waals surface area (Å²) in [5, 5.41) is 0. The van der Waals surface area contributed by atoms with Gasteiger partial charge in [0.15, 0.2) is 0 Å². The molecule has 7 heavy (non-hydrogen) atoms. The number of hydrogen-bond donors (Lipinski definition) is 3. The minimum absolute atomic E-state index is 0. The largest absolute Gasteiger partial charge is 0.756 e. The summed E-state index contributed by atoms with van der Waals surface area (Å²) in [6.07, 6.45) is 0. The molecule has 0 atom stereocenters. The quantitative estimate of drug-likeness (QED) is 0.266. The molecule has 0 rings (SSSR count). The third-order valence-corrected chi connectivity index (χ3v) is 0. The predicted molar refractivity (Wildman–Crippen MR) is 23.8 cm³/mol. The second-order valence-electron chi connectivity index (χ2n) is 0.491. The molecule has 5 nitrogen and oxygen atoms in total. The molecular formula is H6LiNO4P. The Hall–Kier alpha value is 0.667. The van der Waals surface area contributed by atoms with Crippen LogP contribution in [-0.4, -0.2) is 28.6 Å². The summed E-state index contributed by atoms with van der Waals surface area (Å²) in [4.78, 5) is 22.9. The predicted octanol–water partition coefficient (Wildman–Crippen LogP) is -1.57. The zero-order valence-electron chi connectivity index (χ0n) is 4.16. The first kappa shape index (κ1) is 15.6. The van der Waals surface area contributed by atoms with E-state index in [1.54, 1.807) is 0 Å². The normalized spacial score (nSPS) is 8.43.